The molecule has 58 valence electrons. The molecule has 2 heteroatoms. The monoisotopic (exact) mass is 142 g/mol. The Kier molecular flexibility index (Phi) is 4.85. The van der Waals surface area contributed by atoms with Crippen LogP contribution in [0.5, 0.6) is 0 Å². The molecule has 0 saturated heterocycles. The van der Waals surface area contributed by atoms with Crippen molar-refractivity contribution in [1.82, 2.24) is 0 Å². The zero-order chi connectivity index (χ0) is 7.98. The minimum Gasteiger partial charge on any atom is -0.396 e. The average molecular weight is 142 g/mol. The van der Waals surface area contributed by atoms with E-state index in [0.717, 1.165) is 12.7 Å². The third-order valence-corrected chi connectivity index (χ3v) is 1.44. The molecule has 0 aliphatic carbocycles. The molecular formula is C8H14O2. The molecule has 0 amide bonds. The van der Waals surface area contributed by atoms with E-state index in [1.165, 1.54) is 0 Å². The standard InChI is InChI=1S/C8H14O2/c1-3-8(6-10)4-7(2)5-9/h4-5,8,10H,3,6H2,1-2H3/b7-4+/t8-/m1/s1. The molecule has 1 atom stereocenters. The zero-order valence-electron chi connectivity index (χ0n) is 6.50. The largest absolute Gasteiger partial charge is 0.396 e. The summed E-state index contributed by atoms with van der Waals surface area (Å²) in [6.45, 7) is 3.85. The fraction of sp³-hybridized carbons (Fsp3) is 0.625. The minimum absolute atomic E-state index is 0.127. The summed E-state index contributed by atoms with van der Waals surface area (Å²) in [5, 5.41) is 8.71. The van der Waals surface area contributed by atoms with Gasteiger partial charge in [0.1, 0.15) is 6.29 Å². The third kappa shape index (κ3) is 3.41. The quantitative estimate of drug-likeness (QED) is 0.472. The van der Waals surface area contributed by atoms with Crippen LogP contribution in [0, 0.1) is 5.92 Å². The number of allylic oxidation sites excluding steroid dienone is 1. The van der Waals surface area contributed by atoms with Gasteiger partial charge >= 0.3 is 0 Å². The van der Waals surface area contributed by atoms with Gasteiger partial charge in [0.25, 0.3) is 0 Å². The zero-order valence-corrected chi connectivity index (χ0v) is 6.50. The predicted molar refractivity (Wildman–Crippen MR) is 40.7 cm³/mol. The minimum atomic E-state index is 0.127. The Morgan fingerprint density at radius 3 is 2.60 bits per heavy atom. The van der Waals surface area contributed by atoms with E-state index in [-0.39, 0.29) is 12.5 Å². The summed E-state index contributed by atoms with van der Waals surface area (Å²) in [6.07, 6.45) is 3.48. The van der Waals surface area contributed by atoms with Gasteiger partial charge in [-0.2, -0.15) is 0 Å². The van der Waals surface area contributed by atoms with Crippen LogP contribution in [0.1, 0.15) is 20.3 Å². The van der Waals surface area contributed by atoms with Crippen LogP contribution < -0.4 is 0 Å². The van der Waals surface area contributed by atoms with Crippen molar-refractivity contribution in [3.8, 4) is 0 Å². The molecule has 0 aliphatic heterocycles. The smallest absolute Gasteiger partial charge is 0.145 e. The van der Waals surface area contributed by atoms with Gasteiger partial charge < -0.3 is 5.11 Å². The topological polar surface area (TPSA) is 37.3 Å². The molecule has 0 bridgehead atoms. The highest BCUT2D eigenvalue weighted by Gasteiger charge is 1.99. The van der Waals surface area contributed by atoms with Crippen molar-refractivity contribution in [2.75, 3.05) is 6.61 Å². The molecule has 0 aromatic rings. The highest BCUT2D eigenvalue weighted by Crippen LogP contribution is 2.05. The molecule has 10 heavy (non-hydrogen) atoms. The van der Waals surface area contributed by atoms with Crippen LogP contribution in [-0.4, -0.2) is 18.0 Å². The highest BCUT2D eigenvalue weighted by molar-refractivity contribution is 5.72. The fourth-order valence-corrected chi connectivity index (χ4v) is 0.711. The number of carbonyl (C=O) groups is 1. The van der Waals surface area contributed by atoms with E-state index in [1.54, 1.807) is 13.0 Å². The van der Waals surface area contributed by atoms with E-state index >= 15 is 0 Å². The Hall–Kier alpha value is -0.630. The number of carbonyl (C=O) groups excluding carboxylic acids is 1. The predicted octanol–water partition coefficient (Wildman–Crippen LogP) is 1.15. The fourth-order valence-electron chi connectivity index (χ4n) is 0.711. The number of aldehydes is 1. The lowest BCUT2D eigenvalue weighted by atomic mass is 10.1. The molecule has 0 aliphatic rings. The third-order valence-electron chi connectivity index (χ3n) is 1.44. The lowest BCUT2D eigenvalue weighted by molar-refractivity contribution is -0.104. The molecule has 0 radical (unpaired) electrons. The first-order chi connectivity index (χ1) is 4.74. The van der Waals surface area contributed by atoms with Crippen molar-refractivity contribution in [3.63, 3.8) is 0 Å². The van der Waals surface area contributed by atoms with Gasteiger partial charge in [0.15, 0.2) is 0 Å². The number of aliphatic hydroxyl groups is 1. The van der Waals surface area contributed by atoms with Gasteiger partial charge in [0.2, 0.25) is 0 Å². The Morgan fingerprint density at radius 2 is 2.30 bits per heavy atom. The van der Waals surface area contributed by atoms with Crippen LogP contribution in [-0.2, 0) is 4.79 Å². The van der Waals surface area contributed by atoms with Crippen LogP contribution in [0.4, 0.5) is 0 Å². The van der Waals surface area contributed by atoms with Crippen molar-refractivity contribution >= 4 is 6.29 Å². The van der Waals surface area contributed by atoms with Crippen LogP contribution in [0.15, 0.2) is 11.6 Å². The Labute approximate surface area is 61.6 Å². The lowest BCUT2D eigenvalue weighted by Crippen LogP contribution is -2.01. The molecule has 1 N–H and O–H groups in total. The van der Waals surface area contributed by atoms with Crippen molar-refractivity contribution in [1.29, 1.82) is 0 Å². The molecule has 0 aromatic heterocycles. The van der Waals surface area contributed by atoms with Crippen LogP contribution in [0.2, 0.25) is 0 Å². The Morgan fingerprint density at radius 1 is 1.70 bits per heavy atom. The summed E-state index contributed by atoms with van der Waals surface area (Å²) < 4.78 is 0. The van der Waals surface area contributed by atoms with E-state index in [9.17, 15) is 4.79 Å². The van der Waals surface area contributed by atoms with Crippen molar-refractivity contribution in [2.45, 2.75) is 20.3 Å². The lowest BCUT2D eigenvalue weighted by Gasteiger charge is -2.04. The normalized spacial score (nSPS) is 14.9. The Bertz CT molecular complexity index is 123. The number of hydrogen-bond acceptors (Lipinski definition) is 2. The van der Waals surface area contributed by atoms with Gasteiger partial charge in [-0.3, -0.25) is 4.79 Å². The first-order valence-electron chi connectivity index (χ1n) is 3.49. The first kappa shape index (κ1) is 9.37. The van der Waals surface area contributed by atoms with Crippen LogP contribution >= 0.6 is 0 Å². The van der Waals surface area contributed by atoms with Gasteiger partial charge in [-0.05, 0) is 18.9 Å². The second-order valence-electron chi connectivity index (χ2n) is 2.38. The highest BCUT2D eigenvalue weighted by atomic mass is 16.3. The second kappa shape index (κ2) is 5.18. The van der Waals surface area contributed by atoms with E-state index < -0.39 is 0 Å². The molecule has 0 unspecified atom stereocenters. The molecule has 2 nitrogen and oxygen atoms in total. The molecular weight excluding hydrogens is 128 g/mol. The number of hydrogen-bond donors (Lipinski definition) is 1. The maximum Gasteiger partial charge on any atom is 0.145 e. The summed E-state index contributed by atoms with van der Waals surface area (Å²) in [7, 11) is 0. The van der Waals surface area contributed by atoms with Crippen molar-refractivity contribution < 1.29 is 9.90 Å². The average Bonchev–Trinajstić information content (AvgIpc) is 1.99. The molecule has 0 rings (SSSR count). The summed E-state index contributed by atoms with van der Waals surface area (Å²) >= 11 is 0. The molecule has 0 heterocycles. The van der Waals surface area contributed by atoms with E-state index in [0.29, 0.717) is 5.57 Å². The summed E-state index contributed by atoms with van der Waals surface area (Å²) in [4.78, 5) is 10.1. The molecule has 0 spiro atoms. The van der Waals surface area contributed by atoms with Gasteiger partial charge in [-0.25, -0.2) is 0 Å². The van der Waals surface area contributed by atoms with Crippen LogP contribution in [0.3, 0.4) is 0 Å². The number of rotatable bonds is 4. The Balaban J connectivity index is 3.92. The summed E-state index contributed by atoms with van der Waals surface area (Å²) in [6, 6.07) is 0. The van der Waals surface area contributed by atoms with Crippen molar-refractivity contribution in [2.24, 2.45) is 5.92 Å². The van der Waals surface area contributed by atoms with Crippen LogP contribution in [0.25, 0.3) is 0 Å². The maximum atomic E-state index is 10.1. The summed E-state index contributed by atoms with van der Waals surface area (Å²) in [5.74, 6) is 0.144. The molecule has 0 fully saturated rings. The molecule has 0 saturated carbocycles. The first-order valence-corrected chi connectivity index (χ1v) is 3.49. The van der Waals surface area contributed by atoms with Gasteiger partial charge in [-0.1, -0.05) is 13.0 Å². The van der Waals surface area contributed by atoms with Gasteiger partial charge in [0, 0.05) is 12.5 Å². The summed E-state index contributed by atoms with van der Waals surface area (Å²) in [5.41, 5.74) is 0.695. The van der Waals surface area contributed by atoms with Gasteiger partial charge in [-0.15, -0.1) is 0 Å². The second-order valence-corrected chi connectivity index (χ2v) is 2.38. The van der Waals surface area contributed by atoms with E-state index in [1.807, 2.05) is 6.92 Å². The van der Waals surface area contributed by atoms with E-state index in [4.69, 9.17) is 5.11 Å². The van der Waals surface area contributed by atoms with E-state index in [2.05, 4.69) is 0 Å². The SMILES string of the molecule is CC[C@H](/C=C(\C)C=O)CO. The maximum absolute atomic E-state index is 10.1. The number of aliphatic hydroxyl groups excluding tert-OH is 1. The van der Waals surface area contributed by atoms with Crippen molar-refractivity contribution in [3.05, 3.63) is 11.6 Å². The molecule has 0 aromatic carbocycles. The van der Waals surface area contributed by atoms with Gasteiger partial charge in [0.05, 0.1) is 0 Å².